The number of sulfonamides is 1. The van der Waals surface area contributed by atoms with Crippen molar-refractivity contribution in [1.29, 1.82) is 0 Å². The standard InChI is InChI=1S/C21H32N4O3S/c1-3-4-16-29(27,28)24-14-10-18(11-15-24)21(26)22-12-7-13-25-17(2)23-19-8-5-6-9-20(19)25/h5-6,8-9,18H,3-4,7,10-16H2,1-2H3,(H,22,26). The first kappa shape index (κ1) is 21.8. The van der Waals surface area contributed by atoms with Crippen LogP contribution in [0.1, 0.15) is 44.9 Å². The van der Waals surface area contributed by atoms with Gasteiger partial charge in [-0.25, -0.2) is 17.7 Å². The van der Waals surface area contributed by atoms with Gasteiger partial charge in [0.2, 0.25) is 15.9 Å². The van der Waals surface area contributed by atoms with Gasteiger partial charge in [-0.3, -0.25) is 4.79 Å². The van der Waals surface area contributed by atoms with E-state index in [-0.39, 0.29) is 17.6 Å². The number of rotatable bonds is 9. The average Bonchev–Trinajstić information content (AvgIpc) is 3.04. The number of nitrogens with zero attached hydrogens (tertiary/aromatic N) is 3. The van der Waals surface area contributed by atoms with E-state index in [2.05, 4.69) is 20.9 Å². The Balaban J connectivity index is 1.42. The van der Waals surface area contributed by atoms with Crippen molar-refractivity contribution in [3.63, 3.8) is 0 Å². The number of fused-ring (bicyclic) bond motifs is 1. The lowest BCUT2D eigenvalue weighted by Gasteiger charge is -2.30. The molecule has 1 aromatic carbocycles. The molecule has 1 N–H and O–H groups in total. The van der Waals surface area contributed by atoms with E-state index in [9.17, 15) is 13.2 Å². The van der Waals surface area contributed by atoms with E-state index in [0.29, 0.717) is 38.9 Å². The smallest absolute Gasteiger partial charge is 0.223 e. The van der Waals surface area contributed by atoms with Crippen LogP contribution in [-0.2, 0) is 21.4 Å². The van der Waals surface area contributed by atoms with Crippen LogP contribution in [0.5, 0.6) is 0 Å². The lowest BCUT2D eigenvalue weighted by Crippen LogP contribution is -2.43. The zero-order valence-electron chi connectivity index (χ0n) is 17.4. The number of carbonyl (C=O) groups is 1. The van der Waals surface area contributed by atoms with Gasteiger partial charge < -0.3 is 9.88 Å². The van der Waals surface area contributed by atoms with E-state index in [1.165, 1.54) is 0 Å². The number of nitrogens with one attached hydrogen (secondary N) is 1. The molecule has 0 bridgehead atoms. The molecule has 29 heavy (non-hydrogen) atoms. The van der Waals surface area contributed by atoms with Gasteiger partial charge in [-0.1, -0.05) is 25.5 Å². The van der Waals surface area contributed by atoms with Crippen LogP contribution < -0.4 is 5.32 Å². The lowest BCUT2D eigenvalue weighted by molar-refractivity contribution is -0.126. The minimum Gasteiger partial charge on any atom is -0.356 e. The number of benzene rings is 1. The Bertz CT molecular complexity index is 931. The molecule has 1 aromatic heterocycles. The third-order valence-electron chi connectivity index (χ3n) is 5.68. The van der Waals surface area contributed by atoms with Gasteiger partial charge in [-0.2, -0.15) is 0 Å². The van der Waals surface area contributed by atoms with Gasteiger partial charge in [0.25, 0.3) is 0 Å². The molecule has 0 atom stereocenters. The highest BCUT2D eigenvalue weighted by Crippen LogP contribution is 2.21. The van der Waals surface area contributed by atoms with Gasteiger partial charge in [-0.05, 0) is 44.7 Å². The monoisotopic (exact) mass is 420 g/mol. The van der Waals surface area contributed by atoms with Crippen molar-refractivity contribution in [1.82, 2.24) is 19.2 Å². The van der Waals surface area contributed by atoms with E-state index in [4.69, 9.17) is 0 Å². The van der Waals surface area contributed by atoms with Crippen molar-refractivity contribution in [2.75, 3.05) is 25.4 Å². The SMILES string of the molecule is CCCCS(=O)(=O)N1CCC(C(=O)NCCCn2c(C)nc3ccccc32)CC1. The number of para-hydroxylation sites is 2. The second-order valence-corrected chi connectivity index (χ2v) is 9.88. The molecule has 1 aliphatic heterocycles. The summed E-state index contributed by atoms with van der Waals surface area (Å²) in [6.45, 7) is 6.30. The lowest BCUT2D eigenvalue weighted by atomic mass is 9.97. The molecule has 3 rings (SSSR count). The number of hydrogen-bond acceptors (Lipinski definition) is 4. The fraction of sp³-hybridized carbons (Fsp3) is 0.619. The van der Waals surface area contributed by atoms with Gasteiger partial charge in [0.05, 0.1) is 16.8 Å². The van der Waals surface area contributed by atoms with Crippen LogP contribution in [0.4, 0.5) is 0 Å². The number of aromatic nitrogens is 2. The molecule has 8 heteroatoms. The molecule has 160 valence electrons. The van der Waals surface area contributed by atoms with Crippen molar-refractivity contribution in [2.45, 2.75) is 52.5 Å². The largest absolute Gasteiger partial charge is 0.356 e. The minimum atomic E-state index is -3.17. The predicted octanol–water partition coefficient (Wildman–Crippen LogP) is 2.69. The Morgan fingerprint density at radius 3 is 2.66 bits per heavy atom. The van der Waals surface area contributed by atoms with Crippen LogP contribution >= 0.6 is 0 Å². The topological polar surface area (TPSA) is 84.3 Å². The molecule has 2 heterocycles. The Morgan fingerprint density at radius 1 is 1.21 bits per heavy atom. The van der Waals surface area contributed by atoms with E-state index in [1.807, 2.05) is 32.0 Å². The Kier molecular flexibility index (Phi) is 7.29. The van der Waals surface area contributed by atoms with Crippen molar-refractivity contribution in [3.05, 3.63) is 30.1 Å². The summed E-state index contributed by atoms with van der Waals surface area (Å²) < 4.78 is 28.3. The summed E-state index contributed by atoms with van der Waals surface area (Å²) in [5.41, 5.74) is 2.11. The molecular weight excluding hydrogens is 388 g/mol. The molecule has 0 aliphatic carbocycles. The number of piperidine rings is 1. The first-order chi connectivity index (χ1) is 13.9. The van der Waals surface area contributed by atoms with Crippen LogP contribution in [0, 0.1) is 12.8 Å². The van der Waals surface area contributed by atoms with E-state index in [1.54, 1.807) is 4.31 Å². The molecule has 1 saturated heterocycles. The number of aryl methyl sites for hydroxylation is 2. The number of carbonyl (C=O) groups excluding carboxylic acids is 1. The average molecular weight is 421 g/mol. The zero-order chi connectivity index (χ0) is 20.9. The Labute approximate surface area is 173 Å². The molecule has 0 saturated carbocycles. The maximum Gasteiger partial charge on any atom is 0.223 e. The van der Waals surface area contributed by atoms with E-state index < -0.39 is 10.0 Å². The van der Waals surface area contributed by atoms with Crippen LogP contribution in [0.25, 0.3) is 11.0 Å². The highest BCUT2D eigenvalue weighted by atomic mass is 32.2. The van der Waals surface area contributed by atoms with Crippen LogP contribution in [0.15, 0.2) is 24.3 Å². The van der Waals surface area contributed by atoms with Crippen LogP contribution in [0.2, 0.25) is 0 Å². The third kappa shape index (κ3) is 5.36. The summed E-state index contributed by atoms with van der Waals surface area (Å²) in [5.74, 6) is 1.14. The predicted molar refractivity (Wildman–Crippen MR) is 115 cm³/mol. The van der Waals surface area contributed by atoms with Crippen LogP contribution in [-0.4, -0.2) is 53.6 Å². The summed E-state index contributed by atoms with van der Waals surface area (Å²) in [6, 6.07) is 8.07. The molecular formula is C21H32N4O3S. The zero-order valence-corrected chi connectivity index (χ0v) is 18.2. The van der Waals surface area contributed by atoms with Gasteiger partial charge in [-0.15, -0.1) is 0 Å². The van der Waals surface area contributed by atoms with Crippen molar-refractivity contribution >= 4 is 27.0 Å². The summed E-state index contributed by atoms with van der Waals surface area (Å²) in [6.07, 6.45) is 3.59. The second kappa shape index (κ2) is 9.71. The number of amides is 1. The summed E-state index contributed by atoms with van der Waals surface area (Å²) >= 11 is 0. The first-order valence-electron chi connectivity index (χ1n) is 10.6. The molecule has 7 nitrogen and oxygen atoms in total. The molecule has 1 amide bonds. The molecule has 0 unspecified atom stereocenters. The fourth-order valence-electron chi connectivity index (χ4n) is 3.92. The fourth-order valence-corrected chi connectivity index (χ4v) is 5.60. The molecule has 2 aromatic rings. The van der Waals surface area contributed by atoms with E-state index >= 15 is 0 Å². The van der Waals surface area contributed by atoms with Crippen molar-refractivity contribution in [2.24, 2.45) is 5.92 Å². The van der Waals surface area contributed by atoms with Crippen molar-refractivity contribution in [3.8, 4) is 0 Å². The van der Waals surface area contributed by atoms with Gasteiger partial charge in [0, 0.05) is 32.1 Å². The molecule has 1 aliphatic rings. The maximum atomic E-state index is 12.5. The minimum absolute atomic E-state index is 0.0443. The summed E-state index contributed by atoms with van der Waals surface area (Å²) in [5, 5.41) is 3.03. The summed E-state index contributed by atoms with van der Waals surface area (Å²) in [7, 11) is -3.17. The molecule has 0 radical (unpaired) electrons. The molecule has 0 spiro atoms. The number of unbranched alkanes of at least 4 members (excludes halogenated alkanes) is 1. The highest BCUT2D eigenvalue weighted by Gasteiger charge is 2.30. The van der Waals surface area contributed by atoms with E-state index in [0.717, 1.165) is 36.2 Å². The normalized spacial score (nSPS) is 16.3. The number of imidazole rings is 1. The molecule has 1 fully saturated rings. The maximum absolute atomic E-state index is 12.5. The summed E-state index contributed by atoms with van der Waals surface area (Å²) in [4.78, 5) is 17.0. The van der Waals surface area contributed by atoms with Crippen LogP contribution in [0.3, 0.4) is 0 Å². The Hall–Kier alpha value is -1.93. The Morgan fingerprint density at radius 2 is 1.93 bits per heavy atom. The van der Waals surface area contributed by atoms with Crippen molar-refractivity contribution < 1.29 is 13.2 Å². The highest BCUT2D eigenvalue weighted by molar-refractivity contribution is 7.89. The quantitative estimate of drug-likeness (QED) is 0.632. The van der Waals surface area contributed by atoms with Gasteiger partial charge >= 0.3 is 0 Å². The first-order valence-corrected chi connectivity index (χ1v) is 12.2. The number of hydrogen-bond donors (Lipinski definition) is 1. The second-order valence-electron chi connectivity index (χ2n) is 7.79. The van der Waals surface area contributed by atoms with Gasteiger partial charge in [0.15, 0.2) is 0 Å². The third-order valence-corrected chi connectivity index (χ3v) is 7.63. The van der Waals surface area contributed by atoms with Gasteiger partial charge in [0.1, 0.15) is 5.82 Å².